The molecule has 1 atom stereocenters. The third-order valence-corrected chi connectivity index (χ3v) is 3.91. The molecule has 0 aliphatic heterocycles. The highest BCUT2D eigenvalue weighted by atomic mass is 35.5. The summed E-state index contributed by atoms with van der Waals surface area (Å²) in [4.78, 5) is 0. The van der Waals surface area contributed by atoms with Crippen LogP contribution in [0.2, 0.25) is 10.0 Å². The van der Waals surface area contributed by atoms with Crippen molar-refractivity contribution < 1.29 is 0 Å². The van der Waals surface area contributed by atoms with Gasteiger partial charge in [-0.25, -0.2) is 0 Å². The van der Waals surface area contributed by atoms with E-state index in [9.17, 15) is 0 Å². The Hall–Kier alpha value is -1.03. The Morgan fingerprint density at radius 1 is 1.25 bits per heavy atom. The minimum atomic E-state index is 0.119. The zero-order chi connectivity index (χ0) is 14.5. The zero-order valence-corrected chi connectivity index (χ0v) is 13.2. The number of aryl methyl sites for hydroxylation is 1. The van der Waals surface area contributed by atoms with Gasteiger partial charge in [0, 0.05) is 23.3 Å². The van der Waals surface area contributed by atoms with E-state index in [1.807, 2.05) is 42.2 Å². The Morgan fingerprint density at radius 3 is 2.50 bits per heavy atom. The Morgan fingerprint density at radius 2 is 1.95 bits per heavy atom. The van der Waals surface area contributed by atoms with Gasteiger partial charge in [-0.2, -0.15) is 5.10 Å². The van der Waals surface area contributed by atoms with Crippen molar-refractivity contribution in [2.75, 3.05) is 6.54 Å². The summed E-state index contributed by atoms with van der Waals surface area (Å²) in [6, 6.07) is 7.76. The fourth-order valence-electron chi connectivity index (χ4n) is 2.15. The van der Waals surface area contributed by atoms with Crippen LogP contribution in [-0.4, -0.2) is 16.3 Å². The van der Waals surface area contributed by atoms with E-state index >= 15 is 0 Å². The molecule has 20 heavy (non-hydrogen) atoms. The average Bonchev–Trinajstić information content (AvgIpc) is 2.84. The number of hydrogen-bond donors (Lipinski definition) is 1. The van der Waals surface area contributed by atoms with E-state index in [4.69, 9.17) is 23.2 Å². The first-order valence-corrected chi connectivity index (χ1v) is 7.53. The van der Waals surface area contributed by atoms with Gasteiger partial charge in [-0.05, 0) is 43.1 Å². The first-order valence-electron chi connectivity index (χ1n) is 6.77. The van der Waals surface area contributed by atoms with E-state index in [0.717, 1.165) is 30.6 Å². The van der Waals surface area contributed by atoms with Crippen molar-refractivity contribution in [1.29, 1.82) is 0 Å². The highest BCUT2D eigenvalue weighted by Gasteiger charge is 2.17. The van der Waals surface area contributed by atoms with Gasteiger partial charge in [0.25, 0.3) is 0 Å². The Balaban J connectivity index is 2.23. The predicted molar refractivity (Wildman–Crippen MR) is 84.4 cm³/mol. The second-order valence-electron chi connectivity index (χ2n) is 4.83. The zero-order valence-electron chi connectivity index (χ0n) is 11.7. The summed E-state index contributed by atoms with van der Waals surface area (Å²) < 4.78 is 1.81. The predicted octanol–water partition coefficient (Wildman–Crippen LogP) is 4.01. The van der Waals surface area contributed by atoms with Crippen LogP contribution in [0, 0.1) is 0 Å². The molecule has 1 aromatic carbocycles. The fraction of sp³-hybridized carbons (Fsp3) is 0.400. The fourth-order valence-corrected chi connectivity index (χ4v) is 2.70. The van der Waals surface area contributed by atoms with Crippen LogP contribution in [0.3, 0.4) is 0 Å². The molecule has 1 aromatic heterocycles. The number of rotatable bonds is 6. The highest BCUT2D eigenvalue weighted by molar-refractivity contribution is 6.36. The number of nitrogens with one attached hydrogen (secondary N) is 1. The highest BCUT2D eigenvalue weighted by Crippen LogP contribution is 2.28. The van der Waals surface area contributed by atoms with Gasteiger partial charge in [0.2, 0.25) is 0 Å². The van der Waals surface area contributed by atoms with Crippen molar-refractivity contribution in [3.05, 3.63) is 51.8 Å². The van der Waals surface area contributed by atoms with Gasteiger partial charge in [0.05, 0.1) is 11.7 Å². The van der Waals surface area contributed by atoms with Crippen molar-refractivity contribution >= 4 is 23.2 Å². The molecule has 0 radical (unpaired) electrons. The topological polar surface area (TPSA) is 29.9 Å². The van der Waals surface area contributed by atoms with E-state index in [1.165, 1.54) is 0 Å². The van der Waals surface area contributed by atoms with E-state index in [-0.39, 0.29) is 6.04 Å². The summed E-state index contributed by atoms with van der Waals surface area (Å²) in [5.41, 5.74) is 1.98. The molecule has 1 unspecified atom stereocenters. The lowest BCUT2D eigenvalue weighted by Crippen LogP contribution is -2.25. The molecule has 0 aliphatic carbocycles. The summed E-state index contributed by atoms with van der Waals surface area (Å²) in [6.07, 6.45) is 3.75. The Labute approximate surface area is 129 Å². The van der Waals surface area contributed by atoms with Gasteiger partial charge in [-0.15, -0.1) is 0 Å². The van der Waals surface area contributed by atoms with Crippen LogP contribution in [0.5, 0.6) is 0 Å². The molecule has 0 fully saturated rings. The molecule has 0 amide bonds. The molecule has 0 spiro atoms. The van der Waals surface area contributed by atoms with Gasteiger partial charge >= 0.3 is 0 Å². The minimum absolute atomic E-state index is 0.119. The molecule has 0 aliphatic rings. The second kappa shape index (κ2) is 7.11. The van der Waals surface area contributed by atoms with Gasteiger partial charge in [0.1, 0.15) is 0 Å². The molecule has 0 saturated heterocycles. The number of nitrogens with zero attached hydrogens (tertiary/aromatic N) is 2. The van der Waals surface area contributed by atoms with Crippen molar-refractivity contribution in [2.24, 2.45) is 7.05 Å². The molecule has 2 aromatic rings. The third kappa shape index (κ3) is 3.75. The van der Waals surface area contributed by atoms with Crippen LogP contribution in [0.15, 0.2) is 30.5 Å². The first kappa shape index (κ1) is 15.4. The van der Waals surface area contributed by atoms with Crippen LogP contribution >= 0.6 is 23.2 Å². The van der Waals surface area contributed by atoms with Crippen LogP contribution in [-0.2, 0) is 13.5 Å². The van der Waals surface area contributed by atoms with Crippen molar-refractivity contribution in [3.8, 4) is 0 Å². The summed E-state index contributed by atoms with van der Waals surface area (Å²) in [5.74, 6) is 0. The number of aromatic nitrogens is 2. The van der Waals surface area contributed by atoms with Gasteiger partial charge < -0.3 is 5.32 Å². The normalized spacial score (nSPS) is 12.6. The quantitative estimate of drug-likeness (QED) is 0.873. The van der Waals surface area contributed by atoms with E-state index in [1.54, 1.807) is 0 Å². The maximum atomic E-state index is 6.26. The average molecular weight is 312 g/mol. The number of hydrogen-bond acceptors (Lipinski definition) is 2. The lowest BCUT2D eigenvalue weighted by Gasteiger charge is -2.18. The first-order chi connectivity index (χ1) is 9.61. The van der Waals surface area contributed by atoms with Crippen molar-refractivity contribution in [2.45, 2.75) is 25.8 Å². The molecule has 1 heterocycles. The smallest absolute Gasteiger partial charge is 0.0797 e. The van der Waals surface area contributed by atoms with E-state index in [0.29, 0.717) is 10.0 Å². The summed E-state index contributed by atoms with van der Waals surface area (Å²) in [6.45, 7) is 3.08. The van der Waals surface area contributed by atoms with Crippen LogP contribution in [0.25, 0.3) is 0 Å². The van der Waals surface area contributed by atoms with Crippen molar-refractivity contribution in [1.82, 2.24) is 15.1 Å². The molecule has 108 valence electrons. The largest absolute Gasteiger partial charge is 0.308 e. The van der Waals surface area contributed by atoms with E-state index in [2.05, 4.69) is 17.3 Å². The molecule has 0 bridgehead atoms. The van der Waals surface area contributed by atoms with Crippen LogP contribution < -0.4 is 5.32 Å². The maximum Gasteiger partial charge on any atom is 0.0797 e. The lowest BCUT2D eigenvalue weighted by molar-refractivity contribution is 0.511. The standard InChI is InChI=1S/C15H19Cl2N3/c1-3-8-18-15(14-7-9-20(2)19-14)10-11-12(16)5-4-6-13(11)17/h4-7,9,15,18H,3,8,10H2,1-2H3. The minimum Gasteiger partial charge on any atom is -0.308 e. The Bertz CT molecular complexity index is 546. The number of halogens is 2. The summed E-state index contributed by atoms with van der Waals surface area (Å²) in [5, 5.41) is 9.41. The molecule has 1 N–H and O–H groups in total. The van der Waals surface area contributed by atoms with Gasteiger partial charge in [0.15, 0.2) is 0 Å². The molecular formula is C15H19Cl2N3. The number of benzene rings is 1. The van der Waals surface area contributed by atoms with Gasteiger partial charge in [-0.1, -0.05) is 36.2 Å². The second-order valence-corrected chi connectivity index (χ2v) is 5.64. The summed E-state index contributed by atoms with van der Waals surface area (Å²) >= 11 is 12.5. The third-order valence-electron chi connectivity index (χ3n) is 3.20. The molecule has 3 nitrogen and oxygen atoms in total. The summed E-state index contributed by atoms with van der Waals surface area (Å²) in [7, 11) is 1.92. The SMILES string of the molecule is CCCNC(Cc1c(Cl)cccc1Cl)c1ccn(C)n1. The maximum absolute atomic E-state index is 6.26. The van der Waals surface area contributed by atoms with E-state index < -0.39 is 0 Å². The van der Waals surface area contributed by atoms with Crippen LogP contribution in [0.1, 0.15) is 30.6 Å². The van der Waals surface area contributed by atoms with Crippen LogP contribution in [0.4, 0.5) is 0 Å². The lowest BCUT2D eigenvalue weighted by atomic mass is 10.0. The van der Waals surface area contributed by atoms with Crippen molar-refractivity contribution in [3.63, 3.8) is 0 Å². The Kier molecular flexibility index (Phi) is 5.46. The molecule has 0 saturated carbocycles. The molecule has 5 heteroatoms. The molecule has 2 rings (SSSR count). The van der Waals surface area contributed by atoms with Gasteiger partial charge in [-0.3, -0.25) is 4.68 Å². The monoisotopic (exact) mass is 311 g/mol. The molecular weight excluding hydrogens is 293 g/mol.